The molecule has 3 fully saturated rings. The molecule has 24 heavy (non-hydrogen) atoms. The largest absolute Gasteiger partial charge is 0.469 e. The fourth-order valence-electron chi connectivity index (χ4n) is 3.97. The fraction of sp³-hybridized carbons (Fsp3) is 0.882. The first-order chi connectivity index (χ1) is 11.1. The van der Waals surface area contributed by atoms with Crippen LogP contribution in [0.25, 0.3) is 0 Å². The molecule has 0 aromatic carbocycles. The van der Waals surface area contributed by atoms with Crippen molar-refractivity contribution in [1.29, 1.82) is 0 Å². The number of halogens is 1. The summed E-state index contributed by atoms with van der Waals surface area (Å²) in [5.41, 5.74) is 0. The molecule has 0 aromatic heterocycles. The summed E-state index contributed by atoms with van der Waals surface area (Å²) >= 11 is 0. The van der Waals surface area contributed by atoms with Gasteiger partial charge in [0, 0.05) is 39.3 Å². The molecule has 7 heteroatoms. The molecule has 0 aromatic rings. The number of hydrogen-bond donors (Lipinski definition) is 1. The number of methoxy groups -OCH3 is 1. The first kappa shape index (κ1) is 19.8. The lowest BCUT2D eigenvalue weighted by atomic mass is 9.99. The Balaban J connectivity index is 0.00000208. The average Bonchev–Trinajstić information content (AvgIpc) is 3.18. The third kappa shape index (κ3) is 4.53. The SMILES string of the molecule is CN=C(NCC1CCN(C2CC2)C1)N1CC(C)C(C(=O)OC)C1.I. The predicted molar refractivity (Wildman–Crippen MR) is 106 cm³/mol. The third-order valence-corrected chi connectivity index (χ3v) is 5.56. The number of carbonyl (C=O) groups excluding carboxylic acids is 1. The van der Waals surface area contributed by atoms with E-state index in [0.717, 1.165) is 25.1 Å². The van der Waals surface area contributed by atoms with Gasteiger partial charge >= 0.3 is 5.97 Å². The van der Waals surface area contributed by atoms with E-state index in [1.807, 2.05) is 7.05 Å². The third-order valence-electron chi connectivity index (χ3n) is 5.56. The molecule has 1 saturated carbocycles. The molecule has 2 heterocycles. The first-order valence-corrected chi connectivity index (χ1v) is 8.89. The maximum Gasteiger partial charge on any atom is 0.310 e. The van der Waals surface area contributed by atoms with Gasteiger partial charge in [0.25, 0.3) is 0 Å². The molecule has 0 bridgehead atoms. The van der Waals surface area contributed by atoms with E-state index in [2.05, 4.69) is 27.0 Å². The van der Waals surface area contributed by atoms with Crippen LogP contribution >= 0.6 is 24.0 Å². The average molecular weight is 450 g/mol. The summed E-state index contributed by atoms with van der Waals surface area (Å²) in [5.74, 6) is 1.79. The lowest BCUT2D eigenvalue weighted by Gasteiger charge is -2.23. The first-order valence-electron chi connectivity index (χ1n) is 8.89. The van der Waals surface area contributed by atoms with Crippen LogP contribution in [-0.4, -0.2) is 74.7 Å². The summed E-state index contributed by atoms with van der Waals surface area (Å²) in [5, 5.41) is 3.53. The van der Waals surface area contributed by atoms with Gasteiger partial charge in [-0.15, -0.1) is 24.0 Å². The van der Waals surface area contributed by atoms with Crippen molar-refractivity contribution in [2.24, 2.45) is 22.7 Å². The number of nitrogens with one attached hydrogen (secondary N) is 1. The summed E-state index contributed by atoms with van der Waals surface area (Å²) in [6.45, 7) is 7.12. The fourth-order valence-corrected chi connectivity index (χ4v) is 3.97. The van der Waals surface area contributed by atoms with Crippen molar-refractivity contribution in [2.75, 3.05) is 46.9 Å². The van der Waals surface area contributed by atoms with Gasteiger partial charge in [-0.3, -0.25) is 9.79 Å². The van der Waals surface area contributed by atoms with Crippen LogP contribution < -0.4 is 5.32 Å². The molecule has 2 saturated heterocycles. The normalized spacial score (nSPS) is 31.0. The van der Waals surface area contributed by atoms with Gasteiger partial charge in [-0.05, 0) is 37.6 Å². The van der Waals surface area contributed by atoms with E-state index in [9.17, 15) is 4.79 Å². The second-order valence-corrected chi connectivity index (χ2v) is 7.32. The van der Waals surface area contributed by atoms with E-state index >= 15 is 0 Å². The van der Waals surface area contributed by atoms with Crippen LogP contribution in [0.5, 0.6) is 0 Å². The van der Waals surface area contributed by atoms with Gasteiger partial charge in [-0.25, -0.2) is 0 Å². The van der Waals surface area contributed by atoms with Gasteiger partial charge in [0.2, 0.25) is 0 Å². The van der Waals surface area contributed by atoms with E-state index in [0.29, 0.717) is 18.4 Å². The number of ether oxygens (including phenoxy) is 1. The Morgan fingerprint density at radius 1 is 1.25 bits per heavy atom. The highest BCUT2D eigenvalue weighted by atomic mass is 127. The summed E-state index contributed by atoms with van der Waals surface area (Å²) in [4.78, 5) is 21.1. The zero-order valence-electron chi connectivity index (χ0n) is 15.0. The topological polar surface area (TPSA) is 57.2 Å². The Morgan fingerprint density at radius 3 is 2.62 bits per heavy atom. The van der Waals surface area contributed by atoms with Crippen LogP contribution in [0, 0.1) is 17.8 Å². The van der Waals surface area contributed by atoms with E-state index in [1.54, 1.807) is 0 Å². The standard InChI is InChI=1S/C17H30N4O2.HI/c1-12-9-21(11-15(12)16(22)23-3)17(18-2)19-8-13-6-7-20(10-13)14-4-5-14;/h12-15H,4-11H2,1-3H3,(H,18,19);1H. The Labute approximate surface area is 162 Å². The zero-order valence-corrected chi connectivity index (χ0v) is 17.4. The summed E-state index contributed by atoms with van der Waals surface area (Å²) in [7, 11) is 3.29. The van der Waals surface area contributed by atoms with Crippen molar-refractivity contribution in [1.82, 2.24) is 15.1 Å². The molecular formula is C17H31IN4O2. The van der Waals surface area contributed by atoms with Crippen LogP contribution in [0.4, 0.5) is 0 Å². The number of rotatable bonds is 4. The summed E-state index contributed by atoms with van der Waals surface area (Å²) in [6, 6.07) is 0.875. The molecule has 0 amide bonds. The van der Waals surface area contributed by atoms with Crippen LogP contribution in [0.1, 0.15) is 26.2 Å². The highest BCUT2D eigenvalue weighted by Crippen LogP contribution is 2.31. The minimum atomic E-state index is -0.105. The molecule has 3 rings (SSSR count). The number of nitrogens with zero attached hydrogens (tertiary/aromatic N) is 3. The molecule has 138 valence electrons. The Hall–Kier alpha value is -0.570. The minimum Gasteiger partial charge on any atom is -0.469 e. The van der Waals surface area contributed by atoms with Crippen molar-refractivity contribution >= 4 is 35.9 Å². The Bertz CT molecular complexity index is 470. The van der Waals surface area contributed by atoms with Gasteiger partial charge in [0.05, 0.1) is 13.0 Å². The van der Waals surface area contributed by atoms with Crippen molar-refractivity contribution in [2.45, 2.75) is 32.2 Å². The summed E-state index contributed by atoms with van der Waals surface area (Å²) < 4.78 is 4.92. The minimum absolute atomic E-state index is 0. The smallest absolute Gasteiger partial charge is 0.310 e. The van der Waals surface area contributed by atoms with E-state index < -0.39 is 0 Å². The molecule has 0 spiro atoms. The maximum atomic E-state index is 11.8. The van der Waals surface area contributed by atoms with Gasteiger partial charge < -0.3 is 19.9 Å². The summed E-state index contributed by atoms with van der Waals surface area (Å²) in [6.07, 6.45) is 4.06. The van der Waals surface area contributed by atoms with Gasteiger partial charge in [-0.2, -0.15) is 0 Å². The van der Waals surface area contributed by atoms with Crippen LogP contribution in [-0.2, 0) is 9.53 Å². The zero-order chi connectivity index (χ0) is 16.4. The van der Waals surface area contributed by atoms with E-state index in [4.69, 9.17) is 4.74 Å². The molecule has 1 N–H and O–H groups in total. The number of carbonyl (C=O) groups is 1. The van der Waals surface area contributed by atoms with Crippen LogP contribution in [0.2, 0.25) is 0 Å². The molecule has 0 radical (unpaired) electrons. The molecule has 3 aliphatic rings. The van der Waals surface area contributed by atoms with Crippen LogP contribution in [0.15, 0.2) is 4.99 Å². The quantitative estimate of drug-likeness (QED) is 0.304. The molecule has 2 aliphatic heterocycles. The molecular weight excluding hydrogens is 419 g/mol. The number of likely N-dealkylation sites (tertiary alicyclic amines) is 2. The second-order valence-electron chi connectivity index (χ2n) is 7.32. The number of esters is 1. The maximum absolute atomic E-state index is 11.8. The highest BCUT2D eigenvalue weighted by molar-refractivity contribution is 14.0. The molecule has 3 unspecified atom stereocenters. The van der Waals surface area contributed by atoms with Gasteiger partial charge in [0.15, 0.2) is 5.96 Å². The van der Waals surface area contributed by atoms with E-state index in [-0.39, 0.29) is 35.9 Å². The lowest BCUT2D eigenvalue weighted by molar-refractivity contribution is -0.145. The van der Waals surface area contributed by atoms with Crippen molar-refractivity contribution < 1.29 is 9.53 Å². The van der Waals surface area contributed by atoms with Crippen molar-refractivity contribution in [3.63, 3.8) is 0 Å². The molecule has 3 atom stereocenters. The molecule has 6 nitrogen and oxygen atoms in total. The van der Waals surface area contributed by atoms with Crippen LogP contribution in [0.3, 0.4) is 0 Å². The molecule has 1 aliphatic carbocycles. The van der Waals surface area contributed by atoms with Gasteiger partial charge in [-0.1, -0.05) is 6.92 Å². The second kappa shape index (κ2) is 8.69. The highest BCUT2D eigenvalue weighted by Gasteiger charge is 2.37. The predicted octanol–water partition coefficient (Wildman–Crippen LogP) is 1.40. The number of aliphatic imine (C=N–C) groups is 1. The lowest BCUT2D eigenvalue weighted by Crippen LogP contribution is -2.42. The Kier molecular flexibility index (Phi) is 7.15. The monoisotopic (exact) mass is 450 g/mol. The Morgan fingerprint density at radius 2 is 2.00 bits per heavy atom. The van der Waals surface area contributed by atoms with Crippen molar-refractivity contribution in [3.8, 4) is 0 Å². The number of hydrogen-bond acceptors (Lipinski definition) is 4. The van der Waals surface area contributed by atoms with Gasteiger partial charge in [0.1, 0.15) is 0 Å². The van der Waals surface area contributed by atoms with Crippen molar-refractivity contribution in [3.05, 3.63) is 0 Å². The number of guanidine groups is 1. The van der Waals surface area contributed by atoms with E-state index in [1.165, 1.54) is 39.5 Å².